The van der Waals surface area contributed by atoms with Crippen LogP contribution in [0.5, 0.6) is 0 Å². The van der Waals surface area contributed by atoms with Gasteiger partial charge in [0.2, 0.25) is 6.18 Å². The lowest BCUT2D eigenvalue weighted by molar-refractivity contribution is 0.450. The highest BCUT2D eigenvalue weighted by molar-refractivity contribution is 8.65. The van der Waals surface area contributed by atoms with Crippen LogP contribution in [0.1, 0.15) is 64.2 Å². The molecule has 0 aliphatic heterocycles. The summed E-state index contributed by atoms with van der Waals surface area (Å²) in [6.45, 7) is 0. The second kappa shape index (κ2) is 7.23. The molecule has 20 heavy (non-hydrogen) atoms. The molecule has 4 nitrogen and oxygen atoms in total. The minimum atomic E-state index is -3.99. The van der Waals surface area contributed by atoms with Crippen molar-refractivity contribution in [1.82, 2.24) is 0 Å². The molecule has 0 aromatic carbocycles. The van der Waals surface area contributed by atoms with Crippen LogP contribution in [0, 0.1) is 0 Å². The van der Waals surface area contributed by atoms with Crippen molar-refractivity contribution in [1.29, 1.82) is 0 Å². The minimum Gasteiger partial charge on any atom is -0.342 e. The summed E-state index contributed by atoms with van der Waals surface area (Å²) < 4.78 is 0. The molecule has 0 atom stereocenters. The fourth-order valence-electron chi connectivity index (χ4n) is 3.41. The van der Waals surface area contributed by atoms with Crippen molar-refractivity contribution in [2.24, 2.45) is 0 Å². The maximum absolute atomic E-state index is 10.5. The number of rotatable bonds is 3. The molecule has 0 spiro atoms. The van der Waals surface area contributed by atoms with Gasteiger partial charge in [-0.2, -0.15) is 0 Å². The molecule has 4 N–H and O–H groups in total. The van der Waals surface area contributed by atoms with Gasteiger partial charge < -0.3 is 19.6 Å². The van der Waals surface area contributed by atoms with Gasteiger partial charge in [-0.3, -0.25) is 0 Å². The molecule has 0 heterocycles. The molecule has 0 aromatic heterocycles. The quantitative estimate of drug-likeness (QED) is 0.581. The molecule has 2 saturated carbocycles. The normalized spacial score (nSPS) is 24.2. The lowest BCUT2D eigenvalue weighted by Gasteiger charge is -2.37. The Kier molecular flexibility index (Phi) is 6.37. The van der Waals surface area contributed by atoms with E-state index in [4.69, 9.17) is 11.8 Å². The Hall–Kier alpha value is 1.27. The van der Waals surface area contributed by atoms with Crippen molar-refractivity contribution in [2.45, 2.75) is 74.7 Å². The third kappa shape index (κ3) is 3.97. The lowest BCUT2D eigenvalue weighted by Crippen LogP contribution is -2.30. The van der Waals surface area contributed by atoms with E-state index in [-0.39, 0.29) is 10.5 Å². The SMILES string of the molecule is OP(O)(=S)P(O)(O)=S(C1CCCCC1)C1CCCCC1. The second-order valence-corrected chi connectivity index (χ2v) is 19.3. The van der Waals surface area contributed by atoms with Gasteiger partial charge in [-0.25, -0.2) is 0 Å². The van der Waals surface area contributed by atoms with E-state index in [1.54, 1.807) is 0 Å². The molecule has 2 rings (SSSR count). The summed E-state index contributed by atoms with van der Waals surface area (Å²) in [7, 11) is -0.710. The van der Waals surface area contributed by atoms with E-state index in [1.165, 1.54) is 12.8 Å². The first kappa shape index (κ1) is 17.6. The predicted octanol–water partition coefficient (Wildman–Crippen LogP) is 3.23. The van der Waals surface area contributed by atoms with E-state index in [1.807, 2.05) is 0 Å². The van der Waals surface area contributed by atoms with Crippen LogP contribution in [0.15, 0.2) is 0 Å². The summed E-state index contributed by atoms with van der Waals surface area (Å²) in [5.41, 5.74) is 0. The number of hydrogen-bond acceptors (Lipinski definition) is 1. The Morgan fingerprint density at radius 1 is 0.700 bits per heavy atom. The Bertz CT molecular complexity index is 411. The average Bonchev–Trinajstić information content (AvgIpc) is 2.40. The lowest BCUT2D eigenvalue weighted by atomic mass is 10.00. The van der Waals surface area contributed by atoms with Crippen molar-refractivity contribution in [2.75, 3.05) is 0 Å². The maximum Gasteiger partial charge on any atom is 0.262 e. The first-order valence-corrected chi connectivity index (χ1v) is 14.5. The van der Waals surface area contributed by atoms with E-state index in [0.29, 0.717) is 0 Å². The van der Waals surface area contributed by atoms with Gasteiger partial charge in [0.25, 0.3) is 6.18 Å². The Labute approximate surface area is 128 Å². The monoisotopic (exact) mass is 360 g/mol. The summed E-state index contributed by atoms with van der Waals surface area (Å²) in [6.07, 6.45) is 2.99. The molecule has 120 valence electrons. The largest absolute Gasteiger partial charge is 0.342 e. The first-order chi connectivity index (χ1) is 9.34. The van der Waals surface area contributed by atoms with Crippen molar-refractivity contribution in [3.8, 4) is 0 Å². The van der Waals surface area contributed by atoms with Crippen molar-refractivity contribution in [3.63, 3.8) is 0 Å². The van der Waals surface area contributed by atoms with Gasteiger partial charge in [0.05, 0.1) is 0 Å². The molecule has 0 saturated heterocycles. The van der Waals surface area contributed by atoms with Gasteiger partial charge in [-0.05, 0) is 37.5 Å². The van der Waals surface area contributed by atoms with Gasteiger partial charge in [0, 0.05) is 10.5 Å². The Morgan fingerprint density at radius 2 is 1.05 bits per heavy atom. The molecule has 0 bridgehead atoms. The third-order valence-electron chi connectivity index (χ3n) is 4.41. The van der Waals surface area contributed by atoms with E-state index in [9.17, 15) is 19.6 Å². The molecular weight excluding hydrogens is 334 g/mol. The summed E-state index contributed by atoms with van der Waals surface area (Å²) in [4.78, 5) is 40.7. The molecule has 2 aliphatic carbocycles. The Balaban J connectivity index is 2.42. The van der Waals surface area contributed by atoms with Crippen LogP contribution in [-0.2, 0) is 21.9 Å². The van der Waals surface area contributed by atoms with Crippen molar-refractivity contribution < 1.29 is 19.6 Å². The van der Waals surface area contributed by atoms with E-state index >= 15 is 0 Å². The van der Waals surface area contributed by atoms with Crippen LogP contribution in [0.4, 0.5) is 0 Å². The molecule has 0 aromatic rings. The topological polar surface area (TPSA) is 80.9 Å². The van der Waals surface area contributed by atoms with Crippen molar-refractivity contribution >= 4 is 34.2 Å². The van der Waals surface area contributed by atoms with Gasteiger partial charge in [-0.1, -0.05) is 38.5 Å². The summed E-state index contributed by atoms with van der Waals surface area (Å²) in [5, 5.41) is 0.466. The molecule has 0 unspecified atom stereocenters. The zero-order valence-corrected chi connectivity index (χ0v) is 15.1. The van der Waals surface area contributed by atoms with Crippen LogP contribution in [0.25, 0.3) is 0 Å². The molecule has 8 heteroatoms. The highest BCUT2D eigenvalue weighted by Crippen LogP contribution is 2.76. The van der Waals surface area contributed by atoms with E-state index in [0.717, 1.165) is 51.4 Å². The van der Waals surface area contributed by atoms with Crippen LogP contribution in [0.2, 0.25) is 0 Å². The zero-order chi connectivity index (χ0) is 14.8. The van der Waals surface area contributed by atoms with Crippen LogP contribution in [0.3, 0.4) is 0 Å². The van der Waals surface area contributed by atoms with Gasteiger partial charge in [-0.15, -0.1) is 10.1 Å². The second-order valence-electron chi connectivity index (χ2n) is 5.89. The molecular formula is C12H26O4P2S2. The molecule has 2 fully saturated rings. The van der Waals surface area contributed by atoms with Gasteiger partial charge >= 0.3 is 0 Å². The summed E-state index contributed by atoms with van der Waals surface area (Å²) in [6, 6.07) is 0. The molecule has 2 aliphatic rings. The average molecular weight is 360 g/mol. The third-order valence-corrected chi connectivity index (χ3v) is 20.2. The predicted molar refractivity (Wildman–Crippen MR) is 91.2 cm³/mol. The summed E-state index contributed by atoms with van der Waals surface area (Å²) in [5.74, 6) is 0. The van der Waals surface area contributed by atoms with Gasteiger partial charge in [0.1, 0.15) is 0 Å². The first-order valence-electron chi connectivity index (χ1n) is 7.47. The van der Waals surface area contributed by atoms with E-state index < -0.39 is 22.4 Å². The minimum absolute atomic E-state index is 0.233. The highest BCUT2D eigenvalue weighted by atomic mass is 32.8. The van der Waals surface area contributed by atoms with Crippen LogP contribution in [-0.4, -0.2) is 30.1 Å². The number of hydrogen-bond donors (Lipinski definition) is 4. The van der Waals surface area contributed by atoms with Crippen LogP contribution < -0.4 is 0 Å². The Morgan fingerprint density at radius 3 is 1.35 bits per heavy atom. The smallest absolute Gasteiger partial charge is 0.262 e. The van der Waals surface area contributed by atoms with Crippen LogP contribution >= 0.6 is 12.4 Å². The standard InChI is InChI=1S/C12H26O4P2S2/c13-17(14,19)18(15,16)20(11-7-3-1-4-8-11)12-9-5-2-6-10-12/h11-12,15-16H,1-10H2,(H2,13,14,19). The van der Waals surface area contributed by atoms with Gasteiger partial charge in [0.15, 0.2) is 0 Å². The van der Waals surface area contributed by atoms with Crippen molar-refractivity contribution in [3.05, 3.63) is 0 Å². The summed E-state index contributed by atoms with van der Waals surface area (Å²) >= 11 is 4.71. The fraction of sp³-hybridized carbons (Fsp3) is 1.00. The molecule has 0 amide bonds. The molecule has 0 radical (unpaired) electrons. The highest BCUT2D eigenvalue weighted by Gasteiger charge is 2.39. The maximum atomic E-state index is 10.5. The van der Waals surface area contributed by atoms with E-state index in [2.05, 4.69) is 0 Å². The zero-order valence-electron chi connectivity index (χ0n) is 11.7. The fourth-order valence-corrected chi connectivity index (χ4v) is 17.7.